The normalized spacial score (nSPS) is 10.7. The van der Waals surface area contributed by atoms with Crippen molar-refractivity contribution in [3.8, 4) is 0 Å². The topological polar surface area (TPSA) is 71.4 Å². The lowest BCUT2D eigenvalue weighted by Crippen LogP contribution is -2.06. The molecule has 0 saturated heterocycles. The average Bonchev–Trinajstić information content (AvgIpc) is 2.50. The highest BCUT2D eigenvalue weighted by Crippen LogP contribution is 2.29. The standard InChI is InChI=1S/C17H10O4/c18-8-13-6-12-5-10-3-1-2-4-11(10)7-14(12)16(17(20)21)15(13)9-19/h1-9H,(H,20,21). The predicted molar refractivity (Wildman–Crippen MR) is 79.2 cm³/mol. The van der Waals surface area contributed by atoms with E-state index in [4.69, 9.17) is 0 Å². The van der Waals surface area contributed by atoms with Gasteiger partial charge in [-0.3, -0.25) is 9.59 Å². The van der Waals surface area contributed by atoms with E-state index in [1.54, 1.807) is 12.1 Å². The number of aldehydes is 2. The predicted octanol–water partition coefficient (Wildman–Crippen LogP) is 3.32. The summed E-state index contributed by atoms with van der Waals surface area (Å²) >= 11 is 0. The first-order valence-corrected chi connectivity index (χ1v) is 6.29. The Labute approximate surface area is 119 Å². The first-order valence-electron chi connectivity index (χ1n) is 6.29. The lowest BCUT2D eigenvalue weighted by Gasteiger charge is -2.10. The molecular weight excluding hydrogens is 268 g/mol. The monoisotopic (exact) mass is 278 g/mol. The van der Waals surface area contributed by atoms with E-state index in [0.29, 0.717) is 23.3 Å². The molecule has 1 N–H and O–H groups in total. The third-order valence-corrected chi connectivity index (χ3v) is 3.54. The van der Waals surface area contributed by atoms with Crippen molar-refractivity contribution in [3.05, 3.63) is 59.2 Å². The molecule has 0 amide bonds. The molecule has 3 aromatic carbocycles. The van der Waals surface area contributed by atoms with Crippen LogP contribution < -0.4 is 0 Å². The Morgan fingerprint density at radius 1 is 0.905 bits per heavy atom. The lowest BCUT2D eigenvalue weighted by atomic mass is 9.93. The van der Waals surface area contributed by atoms with Crippen molar-refractivity contribution in [2.75, 3.05) is 0 Å². The summed E-state index contributed by atoms with van der Waals surface area (Å²) in [7, 11) is 0. The lowest BCUT2D eigenvalue weighted by molar-refractivity contribution is 0.0696. The smallest absolute Gasteiger partial charge is 0.337 e. The number of carbonyl (C=O) groups excluding carboxylic acids is 2. The van der Waals surface area contributed by atoms with Gasteiger partial charge in [-0.2, -0.15) is 0 Å². The van der Waals surface area contributed by atoms with Crippen molar-refractivity contribution in [3.63, 3.8) is 0 Å². The maximum absolute atomic E-state index is 11.5. The van der Waals surface area contributed by atoms with Gasteiger partial charge in [0.1, 0.15) is 0 Å². The van der Waals surface area contributed by atoms with Crippen molar-refractivity contribution in [2.24, 2.45) is 0 Å². The van der Waals surface area contributed by atoms with Crippen molar-refractivity contribution < 1.29 is 19.5 Å². The van der Waals surface area contributed by atoms with Crippen molar-refractivity contribution in [2.45, 2.75) is 0 Å². The van der Waals surface area contributed by atoms with E-state index in [1.165, 1.54) is 0 Å². The van der Waals surface area contributed by atoms with Crippen LogP contribution in [0.3, 0.4) is 0 Å². The van der Waals surface area contributed by atoms with E-state index in [-0.39, 0.29) is 16.7 Å². The van der Waals surface area contributed by atoms with Gasteiger partial charge in [-0.15, -0.1) is 0 Å². The summed E-state index contributed by atoms with van der Waals surface area (Å²) in [6, 6.07) is 12.6. The van der Waals surface area contributed by atoms with Gasteiger partial charge in [-0.25, -0.2) is 4.79 Å². The first kappa shape index (κ1) is 13.0. The van der Waals surface area contributed by atoms with E-state index in [1.807, 2.05) is 30.3 Å². The Hall–Kier alpha value is -3.01. The Kier molecular flexibility index (Phi) is 2.99. The molecule has 102 valence electrons. The fourth-order valence-corrected chi connectivity index (χ4v) is 2.58. The van der Waals surface area contributed by atoms with Crippen LogP contribution in [0.25, 0.3) is 21.5 Å². The Morgan fingerprint density at radius 3 is 2.14 bits per heavy atom. The number of carbonyl (C=O) groups is 3. The molecule has 0 bridgehead atoms. The summed E-state index contributed by atoms with van der Waals surface area (Å²) in [4.78, 5) is 33.8. The highest BCUT2D eigenvalue weighted by Gasteiger charge is 2.18. The molecule has 0 radical (unpaired) electrons. The molecule has 3 aromatic rings. The largest absolute Gasteiger partial charge is 0.478 e. The number of benzene rings is 3. The van der Waals surface area contributed by atoms with Gasteiger partial charge in [0, 0.05) is 11.1 Å². The van der Waals surface area contributed by atoms with Gasteiger partial charge in [-0.05, 0) is 39.7 Å². The second-order valence-electron chi connectivity index (χ2n) is 4.72. The number of carboxylic acid groups (broad SMARTS) is 1. The molecule has 0 aliphatic carbocycles. The number of aromatic carboxylic acids is 1. The van der Waals surface area contributed by atoms with Gasteiger partial charge in [0.2, 0.25) is 0 Å². The van der Waals surface area contributed by atoms with Crippen LogP contribution in [-0.2, 0) is 0 Å². The molecule has 0 aromatic heterocycles. The highest BCUT2D eigenvalue weighted by atomic mass is 16.4. The second kappa shape index (κ2) is 4.83. The van der Waals surface area contributed by atoms with Crippen LogP contribution in [0.5, 0.6) is 0 Å². The molecule has 0 unspecified atom stereocenters. The van der Waals surface area contributed by atoms with Gasteiger partial charge in [0.15, 0.2) is 12.6 Å². The summed E-state index contributed by atoms with van der Waals surface area (Å²) in [5, 5.41) is 12.3. The van der Waals surface area contributed by atoms with Crippen LogP contribution >= 0.6 is 0 Å². The summed E-state index contributed by atoms with van der Waals surface area (Å²) in [6.45, 7) is 0. The van der Waals surface area contributed by atoms with E-state index in [2.05, 4.69) is 0 Å². The average molecular weight is 278 g/mol. The zero-order valence-electron chi connectivity index (χ0n) is 10.9. The summed E-state index contributed by atoms with van der Waals surface area (Å²) in [6.07, 6.45) is 0.923. The van der Waals surface area contributed by atoms with Crippen LogP contribution in [0.1, 0.15) is 31.1 Å². The maximum Gasteiger partial charge on any atom is 0.337 e. The molecule has 21 heavy (non-hydrogen) atoms. The summed E-state index contributed by atoms with van der Waals surface area (Å²) in [5.41, 5.74) is -0.124. The van der Waals surface area contributed by atoms with E-state index in [0.717, 1.165) is 10.8 Å². The molecule has 4 heteroatoms. The minimum atomic E-state index is -1.22. The zero-order valence-corrected chi connectivity index (χ0v) is 10.9. The molecule has 0 atom stereocenters. The van der Waals surface area contributed by atoms with Gasteiger partial charge in [0.05, 0.1) is 5.56 Å². The van der Waals surface area contributed by atoms with E-state index in [9.17, 15) is 19.5 Å². The number of rotatable bonds is 3. The van der Waals surface area contributed by atoms with Crippen LogP contribution in [0.15, 0.2) is 42.5 Å². The van der Waals surface area contributed by atoms with Gasteiger partial charge in [-0.1, -0.05) is 24.3 Å². The maximum atomic E-state index is 11.5. The first-order chi connectivity index (χ1) is 10.2. The van der Waals surface area contributed by atoms with Crippen LogP contribution in [0.2, 0.25) is 0 Å². The number of hydrogen-bond acceptors (Lipinski definition) is 3. The van der Waals surface area contributed by atoms with Crippen LogP contribution in [0.4, 0.5) is 0 Å². The molecular formula is C17H10O4. The summed E-state index contributed by atoms with van der Waals surface area (Å²) < 4.78 is 0. The highest BCUT2D eigenvalue weighted by molar-refractivity contribution is 6.15. The third kappa shape index (κ3) is 1.97. The molecule has 0 saturated carbocycles. The molecule has 3 rings (SSSR count). The van der Waals surface area contributed by atoms with Crippen molar-refractivity contribution in [1.82, 2.24) is 0 Å². The molecule has 0 aliphatic heterocycles. The minimum absolute atomic E-state index is 0.0831. The zero-order chi connectivity index (χ0) is 15.0. The molecule has 0 heterocycles. The SMILES string of the molecule is O=Cc1cc2cc3ccccc3cc2c(C(=O)O)c1C=O. The number of fused-ring (bicyclic) bond motifs is 2. The van der Waals surface area contributed by atoms with Crippen LogP contribution in [0, 0.1) is 0 Å². The van der Waals surface area contributed by atoms with Gasteiger partial charge < -0.3 is 5.11 Å². The molecule has 0 aliphatic rings. The fourth-order valence-electron chi connectivity index (χ4n) is 2.58. The Bertz CT molecular complexity index is 909. The quantitative estimate of drug-likeness (QED) is 0.589. The summed E-state index contributed by atoms with van der Waals surface area (Å²) in [5.74, 6) is -1.22. The second-order valence-corrected chi connectivity index (χ2v) is 4.72. The fraction of sp³-hybridized carbons (Fsp3) is 0. The Morgan fingerprint density at radius 2 is 1.57 bits per heavy atom. The minimum Gasteiger partial charge on any atom is -0.478 e. The van der Waals surface area contributed by atoms with Gasteiger partial charge in [0.25, 0.3) is 0 Å². The molecule has 0 fully saturated rings. The number of hydrogen-bond donors (Lipinski definition) is 1. The van der Waals surface area contributed by atoms with Crippen molar-refractivity contribution in [1.29, 1.82) is 0 Å². The molecule has 0 spiro atoms. The van der Waals surface area contributed by atoms with E-state index < -0.39 is 5.97 Å². The third-order valence-electron chi connectivity index (χ3n) is 3.54. The number of carboxylic acids is 1. The van der Waals surface area contributed by atoms with Crippen molar-refractivity contribution >= 4 is 40.1 Å². The van der Waals surface area contributed by atoms with Crippen LogP contribution in [-0.4, -0.2) is 23.6 Å². The molecule has 4 nitrogen and oxygen atoms in total. The van der Waals surface area contributed by atoms with Gasteiger partial charge >= 0.3 is 5.97 Å². The van der Waals surface area contributed by atoms with E-state index >= 15 is 0 Å². The Balaban J connectivity index is 2.56.